The number of thiazole rings is 1. The number of amides is 1. The second kappa shape index (κ2) is 11.3. The SMILES string of the molecule is Cc1cc(Nc2nccc(C(F)(F)F)n2)cc(-c2cnc([C@]3(O)CC[C@H](NC(=O)CCn4cncn4)CC3)s2)c1. The Labute approximate surface area is 231 Å². The van der Waals surface area contributed by atoms with Gasteiger partial charge in [0.1, 0.15) is 29.0 Å². The molecule has 3 heterocycles. The number of aliphatic hydroxyl groups is 1. The van der Waals surface area contributed by atoms with Gasteiger partial charge in [-0.3, -0.25) is 9.48 Å². The van der Waals surface area contributed by atoms with Crippen LogP contribution in [0.1, 0.15) is 48.4 Å². The molecule has 3 N–H and O–H groups in total. The van der Waals surface area contributed by atoms with Crippen molar-refractivity contribution in [2.24, 2.45) is 0 Å². The molecule has 1 aliphatic carbocycles. The summed E-state index contributed by atoms with van der Waals surface area (Å²) in [5, 5.41) is 21.8. The number of halogens is 3. The zero-order valence-corrected chi connectivity index (χ0v) is 22.3. The number of carbonyl (C=O) groups is 1. The molecule has 4 aromatic rings. The molecule has 1 aromatic carbocycles. The van der Waals surface area contributed by atoms with Gasteiger partial charge in [-0.15, -0.1) is 11.3 Å². The first-order valence-electron chi connectivity index (χ1n) is 12.7. The third-order valence-electron chi connectivity index (χ3n) is 6.68. The standard InChI is InChI=1S/C26H27F3N8O2S/c1-16-10-17(12-19(11-16)35-24-31-8-4-21(36-24)26(27,28)29)20-13-32-23(40-20)25(39)6-2-18(3-7-25)34-22(38)5-9-37-15-30-14-33-37/h4,8,10-15,18,39H,2-3,5-7,9H2,1H3,(H,34,38)(H,31,35,36)/t18-,25-. The molecule has 1 amide bonds. The second-order valence-corrected chi connectivity index (χ2v) is 10.8. The normalized spacial score (nSPS) is 19.4. The van der Waals surface area contributed by atoms with Crippen LogP contribution < -0.4 is 10.6 Å². The van der Waals surface area contributed by atoms with E-state index in [4.69, 9.17) is 0 Å². The van der Waals surface area contributed by atoms with Crippen molar-refractivity contribution < 1.29 is 23.1 Å². The first-order chi connectivity index (χ1) is 19.1. The first-order valence-corrected chi connectivity index (χ1v) is 13.5. The number of nitrogens with one attached hydrogen (secondary N) is 2. The summed E-state index contributed by atoms with van der Waals surface area (Å²) in [7, 11) is 0. The van der Waals surface area contributed by atoms with Crippen LogP contribution in [-0.4, -0.2) is 46.8 Å². The maximum Gasteiger partial charge on any atom is 0.433 e. The van der Waals surface area contributed by atoms with Gasteiger partial charge in [0.15, 0.2) is 0 Å². The molecule has 40 heavy (non-hydrogen) atoms. The zero-order chi connectivity index (χ0) is 28.3. The lowest BCUT2D eigenvalue weighted by Gasteiger charge is -2.34. The van der Waals surface area contributed by atoms with Crippen LogP contribution >= 0.6 is 11.3 Å². The topological polar surface area (TPSA) is 131 Å². The molecule has 0 spiro atoms. The quantitative estimate of drug-likeness (QED) is 0.279. The van der Waals surface area contributed by atoms with Gasteiger partial charge in [-0.05, 0) is 61.9 Å². The number of hydrogen-bond acceptors (Lipinski definition) is 9. The average molecular weight is 573 g/mol. The van der Waals surface area contributed by atoms with Crippen molar-refractivity contribution in [1.82, 2.24) is 35.0 Å². The third kappa shape index (κ3) is 6.62. The molecule has 5 rings (SSSR count). The fraction of sp³-hybridized carbons (Fsp3) is 0.385. The van der Waals surface area contributed by atoms with E-state index in [0.717, 1.165) is 28.3 Å². The van der Waals surface area contributed by atoms with Crippen LogP contribution in [0.25, 0.3) is 10.4 Å². The van der Waals surface area contributed by atoms with Crippen molar-refractivity contribution in [3.05, 3.63) is 65.6 Å². The van der Waals surface area contributed by atoms with Crippen LogP contribution in [0.5, 0.6) is 0 Å². The van der Waals surface area contributed by atoms with Gasteiger partial charge in [0.2, 0.25) is 11.9 Å². The molecule has 1 aliphatic rings. The highest BCUT2D eigenvalue weighted by molar-refractivity contribution is 7.15. The van der Waals surface area contributed by atoms with E-state index < -0.39 is 17.5 Å². The number of benzene rings is 1. The Kier molecular flexibility index (Phi) is 7.81. The van der Waals surface area contributed by atoms with Crippen molar-refractivity contribution in [2.75, 3.05) is 5.32 Å². The Hall–Kier alpha value is -3.91. The second-order valence-electron chi connectivity index (χ2n) is 9.79. The fourth-order valence-corrected chi connectivity index (χ4v) is 5.69. The summed E-state index contributed by atoms with van der Waals surface area (Å²) in [5.74, 6) is -0.227. The van der Waals surface area contributed by atoms with Gasteiger partial charge in [0, 0.05) is 30.5 Å². The van der Waals surface area contributed by atoms with Crippen molar-refractivity contribution in [2.45, 2.75) is 63.4 Å². The van der Waals surface area contributed by atoms with Crippen LogP contribution in [0.2, 0.25) is 0 Å². The lowest BCUT2D eigenvalue weighted by atomic mass is 9.82. The zero-order valence-electron chi connectivity index (χ0n) is 21.5. The van der Waals surface area contributed by atoms with Gasteiger partial charge in [-0.1, -0.05) is 6.07 Å². The summed E-state index contributed by atoms with van der Waals surface area (Å²) < 4.78 is 40.7. The number of carbonyl (C=O) groups excluding carboxylic acids is 1. The monoisotopic (exact) mass is 572 g/mol. The molecule has 14 heteroatoms. The van der Waals surface area contributed by atoms with Crippen LogP contribution in [-0.2, 0) is 23.1 Å². The summed E-state index contributed by atoms with van der Waals surface area (Å²) in [4.78, 5) is 29.0. The van der Waals surface area contributed by atoms with E-state index in [1.54, 1.807) is 29.3 Å². The number of anilines is 2. The fourth-order valence-electron chi connectivity index (χ4n) is 4.64. The van der Waals surface area contributed by atoms with E-state index in [2.05, 4.69) is 35.7 Å². The third-order valence-corrected chi connectivity index (χ3v) is 7.92. The highest BCUT2D eigenvalue weighted by Crippen LogP contribution is 2.41. The summed E-state index contributed by atoms with van der Waals surface area (Å²) in [6.07, 6.45) is 3.63. The van der Waals surface area contributed by atoms with Gasteiger partial charge < -0.3 is 15.7 Å². The molecule has 1 saturated carbocycles. The van der Waals surface area contributed by atoms with Crippen LogP contribution in [0.15, 0.2) is 49.3 Å². The maximum atomic E-state index is 13.0. The van der Waals surface area contributed by atoms with Crippen LogP contribution in [0.3, 0.4) is 0 Å². The molecular formula is C26H27F3N8O2S. The Balaban J connectivity index is 1.22. The van der Waals surface area contributed by atoms with Gasteiger partial charge in [-0.2, -0.15) is 18.3 Å². The first kappa shape index (κ1) is 27.6. The summed E-state index contributed by atoms with van der Waals surface area (Å²) >= 11 is 1.37. The maximum absolute atomic E-state index is 13.0. The van der Waals surface area contributed by atoms with E-state index in [0.29, 0.717) is 49.3 Å². The highest BCUT2D eigenvalue weighted by Gasteiger charge is 2.38. The molecule has 10 nitrogen and oxygen atoms in total. The van der Waals surface area contributed by atoms with E-state index in [-0.39, 0.29) is 17.9 Å². The molecule has 0 bridgehead atoms. The van der Waals surface area contributed by atoms with Gasteiger partial charge in [0.25, 0.3) is 0 Å². The Bertz CT molecular complexity index is 1470. The van der Waals surface area contributed by atoms with Crippen LogP contribution in [0, 0.1) is 6.92 Å². The Morgan fingerprint density at radius 3 is 2.75 bits per heavy atom. The van der Waals surface area contributed by atoms with Crippen LogP contribution in [0.4, 0.5) is 24.8 Å². The van der Waals surface area contributed by atoms with Crippen molar-refractivity contribution >= 4 is 28.9 Å². The molecular weight excluding hydrogens is 545 g/mol. The molecule has 0 aliphatic heterocycles. The smallest absolute Gasteiger partial charge is 0.383 e. The number of rotatable bonds is 8. The summed E-state index contributed by atoms with van der Waals surface area (Å²) in [5.41, 5.74) is 0.0833. The molecule has 0 atom stereocenters. The van der Waals surface area contributed by atoms with Crippen molar-refractivity contribution in [3.8, 4) is 10.4 Å². The predicted octanol–water partition coefficient (Wildman–Crippen LogP) is 4.60. The number of hydrogen-bond donors (Lipinski definition) is 3. The van der Waals surface area contributed by atoms with Crippen molar-refractivity contribution in [1.29, 1.82) is 0 Å². The number of aryl methyl sites for hydroxylation is 2. The minimum Gasteiger partial charge on any atom is -0.383 e. The largest absolute Gasteiger partial charge is 0.433 e. The molecule has 0 radical (unpaired) electrons. The van der Waals surface area contributed by atoms with E-state index in [1.165, 1.54) is 17.7 Å². The number of aromatic nitrogens is 6. The number of nitrogens with zero attached hydrogens (tertiary/aromatic N) is 6. The molecule has 0 unspecified atom stereocenters. The Morgan fingerprint density at radius 1 is 1.23 bits per heavy atom. The van der Waals surface area contributed by atoms with Gasteiger partial charge in [0.05, 0.1) is 11.4 Å². The van der Waals surface area contributed by atoms with E-state index in [9.17, 15) is 23.1 Å². The molecule has 1 fully saturated rings. The lowest BCUT2D eigenvalue weighted by molar-refractivity contribution is -0.141. The Morgan fingerprint density at radius 2 is 2.02 bits per heavy atom. The average Bonchev–Trinajstić information content (AvgIpc) is 3.62. The van der Waals surface area contributed by atoms with Gasteiger partial charge >= 0.3 is 6.18 Å². The summed E-state index contributed by atoms with van der Waals surface area (Å²) in [6, 6.07) is 6.30. The minimum absolute atomic E-state index is 0.0218. The van der Waals surface area contributed by atoms with E-state index >= 15 is 0 Å². The number of alkyl halides is 3. The molecule has 210 valence electrons. The molecule has 0 saturated heterocycles. The minimum atomic E-state index is -4.57. The van der Waals surface area contributed by atoms with Crippen molar-refractivity contribution in [3.63, 3.8) is 0 Å². The highest BCUT2D eigenvalue weighted by atomic mass is 32.1. The van der Waals surface area contributed by atoms with E-state index in [1.807, 2.05) is 13.0 Å². The molecule has 3 aromatic heterocycles. The van der Waals surface area contributed by atoms with Gasteiger partial charge in [-0.25, -0.2) is 19.9 Å². The lowest BCUT2D eigenvalue weighted by Crippen LogP contribution is -2.42. The predicted molar refractivity (Wildman–Crippen MR) is 142 cm³/mol. The summed E-state index contributed by atoms with van der Waals surface area (Å²) in [6.45, 7) is 2.33.